The molecule has 0 spiro atoms. The van der Waals surface area contributed by atoms with Gasteiger partial charge in [0.2, 0.25) is 0 Å². The van der Waals surface area contributed by atoms with E-state index < -0.39 is 0 Å². The third-order valence-corrected chi connectivity index (χ3v) is 3.19. The van der Waals surface area contributed by atoms with Crippen molar-refractivity contribution in [2.45, 2.75) is 20.3 Å². The van der Waals surface area contributed by atoms with Gasteiger partial charge in [-0.05, 0) is 42.7 Å². The maximum absolute atomic E-state index is 4.60. The second-order valence-electron chi connectivity index (χ2n) is 4.46. The molecule has 3 heteroatoms. The molecule has 0 saturated heterocycles. The van der Waals surface area contributed by atoms with Crippen LogP contribution in [0.1, 0.15) is 18.1 Å². The van der Waals surface area contributed by atoms with Gasteiger partial charge in [-0.1, -0.05) is 19.1 Å². The van der Waals surface area contributed by atoms with E-state index in [1.54, 1.807) is 6.20 Å². The van der Waals surface area contributed by atoms with E-state index in [9.17, 15) is 0 Å². The zero-order chi connectivity index (χ0) is 12.5. The number of aromatic amines is 1. The molecule has 3 rings (SSSR count). The van der Waals surface area contributed by atoms with Crippen molar-refractivity contribution in [3.63, 3.8) is 0 Å². The highest BCUT2D eigenvalue weighted by Crippen LogP contribution is 2.22. The number of nitrogens with one attached hydrogen (secondary N) is 1. The molecule has 0 aliphatic heterocycles. The molecule has 2 aromatic heterocycles. The number of hydrogen-bond acceptors (Lipinski definition) is 2. The van der Waals surface area contributed by atoms with Crippen molar-refractivity contribution in [1.82, 2.24) is 15.0 Å². The van der Waals surface area contributed by atoms with Crippen molar-refractivity contribution >= 4 is 11.0 Å². The van der Waals surface area contributed by atoms with Crippen molar-refractivity contribution in [1.29, 1.82) is 0 Å². The molecule has 0 amide bonds. The first-order valence-corrected chi connectivity index (χ1v) is 6.18. The first-order valence-electron chi connectivity index (χ1n) is 6.18. The van der Waals surface area contributed by atoms with E-state index in [0.717, 1.165) is 34.5 Å². The van der Waals surface area contributed by atoms with Gasteiger partial charge in [-0.15, -0.1) is 0 Å². The molecule has 0 atom stereocenters. The average Bonchev–Trinajstić information content (AvgIpc) is 2.81. The van der Waals surface area contributed by atoms with Crippen molar-refractivity contribution in [3.8, 4) is 11.5 Å². The number of fused-ring (bicyclic) bond motifs is 1. The minimum absolute atomic E-state index is 0.844. The van der Waals surface area contributed by atoms with Crippen LogP contribution in [0.15, 0.2) is 36.5 Å². The molecule has 1 aromatic carbocycles. The Kier molecular flexibility index (Phi) is 2.59. The number of rotatable bonds is 2. The molecule has 0 saturated carbocycles. The molecule has 0 fully saturated rings. The zero-order valence-electron chi connectivity index (χ0n) is 10.6. The highest BCUT2D eigenvalue weighted by molar-refractivity contribution is 5.79. The Bertz CT molecular complexity index is 698. The van der Waals surface area contributed by atoms with E-state index in [-0.39, 0.29) is 0 Å². The molecule has 3 nitrogen and oxygen atoms in total. The summed E-state index contributed by atoms with van der Waals surface area (Å²) in [7, 11) is 0. The standard InChI is InChI=1S/C15H15N3/c1-3-11-6-7-12-13(9-11)18-15(17-12)14-10(2)5-4-8-16-14/h4-9H,3H2,1-2H3,(H,17,18). The zero-order valence-corrected chi connectivity index (χ0v) is 10.6. The van der Waals surface area contributed by atoms with Crippen LogP contribution in [0.4, 0.5) is 0 Å². The Hall–Kier alpha value is -2.16. The molecule has 0 unspecified atom stereocenters. The molecule has 0 aliphatic rings. The normalized spacial score (nSPS) is 11.0. The largest absolute Gasteiger partial charge is 0.337 e. The topological polar surface area (TPSA) is 41.6 Å². The summed E-state index contributed by atoms with van der Waals surface area (Å²) in [5.41, 5.74) is 5.44. The Morgan fingerprint density at radius 3 is 2.89 bits per heavy atom. The van der Waals surface area contributed by atoms with E-state index in [4.69, 9.17) is 0 Å². The van der Waals surface area contributed by atoms with Gasteiger partial charge in [0.1, 0.15) is 5.69 Å². The fourth-order valence-electron chi connectivity index (χ4n) is 2.12. The first kappa shape index (κ1) is 11.0. The second kappa shape index (κ2) is 4.26. The minimum atomic E-state index is 0.844. The van der Waals surface area contributed by atoms with Crippen molar-refractivity contribution in [3.05, 3.63) is 47.7 Å². The van der Waals surface area contributed by atoms with Crippen molar-refractivity contribution < 1.29 is 0 Å². The number of aromatic nitrogens is 3. The fraction of sp³-hybridized carbons (Fsp3) is 0.200. The van der Waals surface area contributed by atoms with Gasteiger partial charge in [0.25, 0.3) is 0 Å². The predicted octanol–water partition coefficient (Wildman–Crippen LogP) is 3.50. The van der Waals surface area contributed by atoms with Crippen LogP contribution in [0.5, 0.6) is 0 Å². The van der Waals surface area contributed by atoms with Crippen LogP contribution in [0.25, 0.3) is 22.6 Å². The lowest BCUT2D eigenvalue weighted by Crippen LogP contribution is -1.88. The maximum Gasteiger partial charge on any atom is 0.157 e. The number of imidazole rings is 1. The highest BCUT2D eigenvalue weighted by atomic mass is 14.9. The lowest BCUT2D eigenvalue weighted by molar-refractivity contribution is 1.14. The van der Waals surface area contributed by atoms with Gasteiger partial charge in [-0.3, -0.25) is 4.98 Å². The molecule has 90 valence electrons. The number of pyridine rings is 1. The first-order chi connectivity index (χ1) is 8.78. The average molecular weight is 237 g/mol. The Labute approximate surface area is 106 Å². The van der Waals surface area contributed by atoms with Crippen LogP contribution in [0, 0.1) is 6.92 Å². The monoisotopic (exact) mass is 237 g/mol. The Morgan fingerprint density at radius 1 is 1.22 bits per heavy atom. The Balaban J connectivity index is 2.17. The second-order valence-corrected chi connectivity index (χ2v) is 4.46. The molecular formula is C15H15N3. The van der Waals surface area contributed by atoms with Gasteiger partial charge in [0.15, 0.2) is 5.82 Å². The third-order valence-electron chi connectivity index (χ3n) is 3.19. The number of hydrogen-bond donors (Lipinski definition) is 1. The summed E-state index contributed by atoms with van der Waals surface area (Å²) in [6.07, 6.45) is 2.83. The highest BCUT2D eigenvalue weighted by Gasteiger charge is 2.08. The summed E-state index contributed by atoms with van der Waals surface area (Å²) in [5, 5.41) is 0. The number of aryl methyl sites for hydroxylation is 2. The van der Waals surface area contributed by atoms with Gasteiger partial charge >= 0.3 is 0 Å². The molecule has 3 aromatic rings. The number of benzene rings is 1. The van der Waals surface area contributed by atoms with Crippen LogP contribution in [-0.2, 0) is 6.42 Å². The number of nitrogens with zero attached hydrogens (tertiary/aromatic N) is 2. The Morgan fingerprint density at radius 2 is 2.11 bits per heavy atom. The summed E-state index contributed by atoms with van der Waals surface area (Å²) < 4.78 is 0. The van der Waals surface area contributed by atoms with Crippen LogP contribution < -0.4 is 0 Å². The van der Waals surface area contributed by atoms with Crippen LogP contribution in [0.3, 0.4) is 0 Å². The fourth-order valence-corrected chi connectivity index (χ4v) is 2.12. The summed E-state index contributed by atoms with van der Waals surface area (Å²) in [5.74, 6) is 0.844. The van der Waals surface area contributed by atoms with E-state index in [0.29, 0.717) is 0 Å². The third kappa shape index (κ3) is 1.78. The summed E-state index contributed by atoms with van der Waals surface area (Å²) >= 11 is 0. The van der Waals surface area contributed by atoms with Crippen molar-refractivity contribution in [2.24, 2.45) is 0 Å². The maximum atomic E-state index is 4.60. The van der Waals surface area contributed by atoms with Gasteiger partial charge in [0, 0.05) is 6.20 Å². The quantitative estimate of drug-likeness (QED) is 0.741. The number of H-pyrrole nitrogens is 1. The van der Waals surface area contributed by atoms with Gasteiger partial charge < -0.3 is 4.98 Å². The minimum Gasteiger partial charge on any atom is -0.337 e. The lowest BCUT2D eigenvalue weighted by Gasteiger charge is -1.98. The summed E-state index contributed by atoms with van der Waals surface area (Å²) in [6, 6.07) is 10.3. The SMILES string of the molecule is CCc1ccc2nc(-c3ncccc3C)[nH]c2c1. The van der Waals surface area contributed by atoms with Gasteiger partial charge in [-0.2, -0.15) is 0 Å². The molecule has 18 heavy (non-hydrogen) atoms. The van der Waals surface area contributed by atoms with E-state index in [1.165, 1.54) is 5.56 Å². The van der Waals surface area contributed by atoms with Gasteiger partial charge in [-0.25, -0.2) is 4.98 Å². The van der Waals surface area contributed by atoms with Crippen LogP contribution in [0.2, 0.25) is 0 Å². The molecule has 1 N–H and O–H groups in total. The molecule has 0 radical (unpaired) electrons. The van der Waals surface area contributed by atoms with E-state index >= 15 is 0 Å². The van der Waals surface area contributed by atoms with Crippen molar-refractivity contribution in [2.75, 3.05) is 0 Å². The summed E-state index contributed by atoms with van der Waals surface area (Å²) in [4.78, 5) is 12.3. The van der Waals surface area contributed by atoms with E-state index in [2.05, 4.69) is 40.1 Å². The van der Waals surface area contributed by atoms with Gasteiger partial charge in [0.05, 0.1) is 11.0 Å². The van der Waals surface area contributed by atoms with E-state index in [1.807, 2.05) is 19.1 Å². The van der Waals surface area contributed by atoms with Crippen LogP contribution >= 0.6 is 0 Å². The molecule has 0 bridgehead atoms. The lowest BCUT2D eigenvalue weighted by atomic mass is 10.1. The molecule has 0 aliphatic carbocycles. The molecule has 2 heterocycles. The summed E-state index contributed by atoms with van der Waals surface area (Å²) in [6.45, 7) is 4.20. The molecular weight excluding hydrogens is 222 g/mol. The van der Waals surface area contributed by atoms with Crippen LogP contribution in [-0.4, -0.2) is 15.0 Å². The predicted molar refractivity (Wildman–Crippen MR) is 73.4 cm³/mol. The smallest absolute Gasteiger partial charge is 0.157 e.